The van der Waals surface area contributed by atoms with Gasteiger partial charge >= 0.3 is 17.9 Å². The Bertz CT molecular complexity index is 1600. The molecule has 1 unspecified atom stereocenters. The number of allylic oxidation sites excluding steroid dienone is 22. The largest absolute Gasteiger partial charge is 0.462 e. The molecule has 0 aromatic carbocycles. The summed E-state index contributed by atoms with van der Waals surface area (Å²) < 4.78 is 16.8. The Morgan fingerprint density at radius 1 is 0.284 bits per heavy atom. The fourth-order valence-electron chi connectivity index (χ4n) is 7.84. The SMILES string of the molecule is CC/C=C\C/C=C\C/C=C\C/C=C\C/C=C\C/C=C\C/C=C\C/C=C\C/C=C\CCCC(=O)OCC(COC(=O)CCCCCCC/C=C\CCCCC)OC(=O)CCCCCCC/C=C\CCCCCCCC. The predicted octanol–water partition coefficient (Wildman–Crippen LogP) is 20.6. The van der Waals surface area contributed by atoms with Crippen LogP contribution in [0.2, 0.25) is 0 Å². The Hall–Kier alpha value is -4.45. The minimum Gasteiger partial charge on any atom is -0.462 e. The summed E-state index contributed by atoms with van der Waals surface area (Å²) in [5.74, 6) is -0.989. The van der Waals surface area contributed by atoms with E-state index in [9.17, 15) is 14.4 Å². The van der Waals surface area contributed by atoms with Crippen LogP contribution in [-0.4, -0.2) is 37.2 Å². The molecule has 0 saturated heterocycles. The minimum absolute atomic E-state index is 0.107. The Kier molecular flexibility index (Phi) is 57.4. The van der Waals surface area contributed by atoms with E-state index in [1.165, 1.54) is 83.5 Å². The van der Waals surface area contributed by atoms with E-state index in [2.05, 4.69) is 154 Å². The van der Waals surface area contributed by atoms with E-state index >= 15 is 0 Å². The average Bonchev–Trinajstić information content (AvgIpc) is 3.40. The maximum atomic E-state index is 12.8. The quantitative estimate of drug-likeness (QED) is 0.0261. The van der Waals surface area contributed by atoms with Crippen LogP contribution in [0, 0.1) is 0 Å². The van der Waals surface area contributed by atoms with E-state index in [1.807, 2.05) is 0 Å². The summed E-state index contributed by atoms with van der Waals surface area (Å²) in [7, 11) is 0. The molecule has 0 spiro atoms. The number of rotatable bonds is 53. The number of ether oxygens (including phenoxy) is 3. The van der Waals surface area contributed by atoms with E-state index in [1.54, 1.807) is 0 Å². The van der Waals surface area contributed by atoms with Gasteiger partial charge in [0.2, 0.25) is 0 Å². The zero-order valence-electron chi connectivity index (χ0n) is 47.8. The molecule has 0 saturated carbocycles. The summed E-state index contributed by atoms with van der Waals surface area (Å²) in [6.45, 7) is 6.43. The molecule has 0 N–H and O–H groups in total. The van der Waals surface area contributed by atoms with Gasteiger partial charge < -0.3 is 14.2 Å². The van der Waals surface area contributed by atoms with Gasteiger partial charge in [0.05, 0.1) is 0 Å². The van der Waals surface area contributed by atoms with Crippen LogP contribution in [-0.2, 0) is 28.6 Å². The van der Waals surface area contributed by atoms with Gasteiger partial charge in [-0.1, -0.05) is 238 Å². The van der Waals surface area contributed by atoms with Crippen LogP contribution in [0.25, 0.3) is 0 Å². The molecule has 6 heteroatoms. The molecule has 0 aliphatic rings. The van der Waals surface area contributed by atoms with Crippen LogP contribution in [0.4, 0.5) is 0 Å². The predicted molar refractivity (Wildman–Crippen MR) is 320 cm³/mol. The van der Waals surface area contributed by atoms with Crippen LogP contribution in [0.1, 0.15) is 258 Å². The van der Waals surface area contributed by atoms with Gasteiger partial charge in [0, 0.05) is 19.3 Å². The van der Waals surface area contributed by atoms with Gasteiger partial charge in [-0.2, -0.15) is 0 Å². The van der Waals surface area contributed by atoms with Crippen molar-refractivity contribution in [2.24, 2.45) is 0 Å². The molecular weight excluding hydrogens is 913 g/mol. The fraction of sp³-hybridized carbons (Fsp3) is 0.632. The van der Waals surface area contributed by atoms with Crippen molar-refractivity contribution >= 4 is 17.9 Å². The molecule has 418 valence electrons. The molecular formula is C68H110O6. The van der Waals surface area contributed by atoms with Crippen molar-refractivity contribution in [3.63, 3.8) is 0 Å². The third-order valence-corrected chi connectivity index (χ3v) is 12.4. The Balaban J connectivity index is 4.43. The van der Waals surface area contributed by atoms with Gasteiger partial charge in [0.1, 0.15) is 13.2 Å². The highest BCUT2D eigenvalue weighted by Crippen LogP contribution is 2.13. The average molecular weight is 1020 g/mol. The summed E-state index contributed by atoms with van der Waals surface area (Å²) >= 11 is 0. The van der Waals surface area contributed by atoms with Gasteiger partial charge in [0.15, 0.2) is 6.10 Å². The van der Waals surface area contributed by atoms with Crippen LogP contribution in [0.15, 0.2) is 134 Å². The van der Waals surface area contributed by atoms with Crippen molar-refractivity contribution < 1.29 is 28.6 Å². The number of carbonyl (C=O) groups excluding carboxylic acids is 3. The lowest BCUT2D eigenvalue weighted by atomic mass is 10.1. The van der Waals surface area contributed by atoms with Crippen LogP contribution < -0.4 is 0 Å². The smallest absolute Gasteiger partial charge is 0.306 e. The molecule has 0 fully saturated rings. The molecule has 74 heavy (non-hydrogen) atoms. The van der Waals surface area contributed by atoms with Crippen molar-refractivity contribution in [2.75, 3.05) is 13.2 Å². The number of hydrogen-bond acceptors (Lipinski definition) is 6. The van der Waals surface area contributed by atoms with Crippen molar-refractivity contribution in [1.29, 1.82) is 0 Å². The number of esters is 3. The zero-order valence-corrected chi connectivity index (χ0v) is 47.8. The highest BCUT2D eigenvalue weighted by atomic mass is 16.6. The fourth-order valence-corrected chi connectivity index (χ4v) is 7.84. The molecule has 1 atom stereocenters. The van der Waals surface area contributed by atoms with Gasteiger partial charge in [-0.3, -0.25) is 14.4 Å². The lowest BCUT2D eigenvalue weighted by molar-refractivity contribution is -0.167. The second-order valence-corrected chi connectivity index (χ2v) is 19.5. The first kappa shape index (κ1) is 69.5. The first-order valence-corrected chi connectivity index (χ1v) is 30.2. The third-order valence-electron chi connectivity index (χ3n) is 12.4. The molecule has 0 amide bonds. The van der Waals surface area contributed by atoms with E-state index in [0.29, 0.717) is 19.3 Å². The minimum atomic E-state index is -0.813. The summed E-state index contributed by atoms with van der Waals surface area (Å²) in [5, 5.41) is 0. The van der Waals surface area contributed by atoms with Gasteiger partial charge in [-0.05, 0) is 135 Å². The van der Waals surface area contributed by atoms with Crippen molar-refractivity contribution in [1.82, 2.24) is 0 Å². The van der Waals surface area contributed by atoms with Gasteiger partial charge in [-0.15, -0.1) is 0 Å². The molecule has 0 heterocycles. The first-order valence-electron chi connectivity index (χ1n) is 30.2. The Morgan fingerprint density at radius 3 is 0.919 bits per heavy atom. The summed E-state index contributed by atoms with van der Waals surface area (Å²) in [6.07, 6.45) is 86.0. The molecule has 0 aromatic heterocycles. The summed E-state index contributed by atoms with van der Waals surface area (Å²) in [6, 6.07) is 0. The number of carbonyl (C=O) groups is 3. The number of unbranched alkanes of at least 4 members (excludes halogenated alkanes) is 20. The number of hydrogen-bond donors (Lipinski definition) is 0. The molecule has 0 aliphatic heterocycles. The van der Waals surface area contributed by atoms with Crippen LogP contribution in [0.3, 0.4) is 0 Å². The van der Waals surface area contributed by atoms with Crippen molar-refractivity contribution in [2.45, 2.75) is 264 Å². The Morgan fingerprint density at radius 2 is 0.541 bits per heavy atom. The maximum absolute atomic E-state index is 12.8. The topological polar surface area (TPSA) is 78.9 Å². The molecule has 0 bridgehead atoms. The second-order valence-electron chi connectivity index (χ2n) is 19.5. The summed E-state index contributed by atoms with van der Waals surface area (Å²) in [5.41, 5.74) is 0. The summed E-state index contributed by atoms with van der Waals surface area (Å²) in [4.78, 5) is 38.1. The van der Waals surface area contributed by atoms with Crippen molar-refractivity contribution in [3.8, 4) is 0 Å². The molecule has 0 rings (SSSR count). The van der Waals surface area contributed by atoms with Gasteiger partial charge in [0.25, 0.3) is 0 Å². The van der Waals surface area contributed by atoms with Crippen LogP contribution in [0.5, 0.6) is 0 Å². The molecule has 6 nitrogen and oxygen atoms in total. The molecule has 0 aliphatic carbocycles. The zero-order chi connectivity index (χ0) is 53.6. The second kappa shape index (κ2) is 61.1. The molecule has 0 aromatic rings. The lowest BCUT2D eigenvalue weighted by Crippen LogP contribution is -2.30. The standard InChI is InChI=1S/C68H110O6/c1-4-7-10-13-16-19-22-25-27-28-29-30-31-32-33-34-35-36-37-38-39-40-42-43-46-49-52-55-58-61-67(70)73-64-65(63-72-66(69)60-57-54-51-48-45-24-21-18-15-12-9-6-3)74-68(71)62-59-56-53-50-47-44-41-26-23-20-17-14-11-8-5-2/h7,10,16,18-19,21,25-27,29-30,32-33,35-36,38-39,41-43,49,52,65H,4-6,8-9,11-15,17,20,22-24,28,31,34,37,40,44-48,50-51,53-64H2,1-3H3/b10-7-,19-16-,21-18-,27-25-,30-29-,33-32-,36-35-,39-38-,41-26-,43-42-,52-49-. The van der Waals surface area contributed by atoms with Crippen molar-refractivity contribution in [3.05, 3.63) is 134 Å². The van der Waals surface area contributed by atoms with E-state index in [-0.39, 0.29) is 37.5 Å². The highest BCUT2D eigenvalue weighted by Gasteiger charge is 2.19. The van der Waals surface area contributed by atoms with Gasteiger partial charge in [-0.25, -0.2) is 0 Å². The van der Waals surface area contributed by atoms with E-state index < -0.39 is 6.10 Å². The first-order chi connectivity index (χ1) is 36.5. The molecule has 0 radical (unpaired) electrons. The third kappa shape index (κ3) is 58.4. The van der Waals surface area contributed by atoms with E-state index in [4.69, 9.17) is 14.2 Å². The lowest BCUT2D eigenvalue weighted by Gasteiger charge is -2.18. The van der Waals surface area contributed by atoms with E-state index in [0.717, 1.165) is 128 Å². The monoisotopic (exact) mass is 1020 g/mol. The highest BCUT2D eigenvalue weighted by molar-refractivity contribution is 5.71. The maximum Gasteiger partial charge on any atom is 0.306 e. The Labute approximate surface area is 455 Å². The normalized spacial score (nSPS) is 13.1. The van der Waals surface area contributed by atoms with Crippen LogP contribution >= 0.6 is 0 Å².